The molecule has 0 radical (unpaired) electrons. The first-order chi connectivity index (χ1) is 9.13. The van der Waals surface area contributed by atoms with E-state index in [0.717, 1.165) is 23.4 Å². The Morgan fingerprint density at radius 2 is 2.26 bits per heavy atom. The van der Waals surface area contributed by atoms with Gasteiger partial charge in [-0.1, -0.05) is 0 Å². The lowest BCUT2D eigenvalue weighted by Gasteiger charge is -2.31. The zero-order valence-electron chi connectivity index (χ0n) is 11.7. The zero-order chi connectivity index (χ0) is 13.8. The van der Waals surface area contributed by atoms with Crippen LogP contribution in [0.3, 0.4) is 0 Å². The highest BCUT2D eigenvalue weighted by atomic mass is 16.5. The molecule has 0 aromatic heterocycles. The average Bonchev–Trinajstić information content (AvgIpc) is 2.38. The Labute approximate surface area is 114 Å². The summed E-state index contributed by atoms with van der Waals surface area (Å²) >= 11 is 0. The fourth-order valence-electron chi connectivity index (χ4n) is 2.63. The van der Waals surface area contributed by atoms with E-state index in [1.165, 1.54) is 0 Å². The summed E-state index contributed by atoms with van der Waals surface area (Å²) < 4.78 is 10.3. The van der Waals surface area contributed by atoms with Gasteiger partial charge in [-0.2, -0.15) is 0 Å². The molecule has 104 valence electrons. The smallest absolute Gasteiger partial charge is 0.306 e. The molecule has 0 amide bonds. The molecule has 0 bridgehead atoms. The van der Waals surface area contributed by atoms with Crippen molar-refractivity contribution >= 4 is 11.7 Å². The lowest BCUT2D eigenvalue weighted by atomic mass is 9.85. The topological polar surface area (TPSA) is 47.6 Å². The van der Waals surface area contributed by atoms with Crippen LogP contribution in [0, 0.1) is 0 Å². The van der Waals surface area contributed by atoms with Gasteiger partial charge in [0, 0.05) is 11.7 Å². The number of fused-ring (bicyclic) bond motifs is 1. The van der Waals surface area contributed by atoms with Gasteiger partial charge in [-0.05, 0) is 49.9 Å². The number of nitrogens with one attached hydrogen (secondary N) is 1. The van der Waals surface area contributed by atoms with Gasteiger partial charge in [0.2, 0.25) is 0 Å². The van der Waals surface area contributed by atoms with Crippen LogP contribution in [-0.2, 0) is 9.53 Å². The minimum absolute atomic E-state index is 0.129. The van der Waals surface area contributed by atoms with Gasteiger partial charge < -0.3 is 14.8 Å². The third-order valence-electron chi connectivity index (χ3n) is 3.46. The predicted octanol–water partition coefficient (Wildman–Crippen LogP) is 2.94. The van der Waals surface area contributed by atoms with Crippen molar-refractivity contribution < 1.29 is 14.3 Å². The number of carbonyl (C=O) groups excluding carboxylic acids is 1. The van der Waals surface area contributed by atoms with E-state index in [-0.39, 0.29) is 11.9 Å². The van der Waals surface area contributed by atoms with Gasteiger partial charge in [-0.3, -0.25) is 4.79 Å². The van der Waals surface area contributed by atoms with Crippen LogP contribution in [0.15, 0.2) is 18.2 Å². The van der Waals surface area contributed by atoms with Crippen LogP contribution in [0.2, 0.25) is 0 Å². The van der Waals surface area contributed by atoms with Gasteiger partial charge in [0.25, 0.3) is 0 Å². The molecule has 1 aromatic rings. The van der Waals surface area contributed by atoms with Crippen molar-refractivity contribution in [2.75, 3.05) is 19.0 Å². The molecule has 1 aliphatic heterocycles. The van der Waals surface area contributed by atoms with E-state index < -0.39 is 0 Å². The summed E-state index contributed by atoms with van der Waals surface area (Å²) in [5.41, 5.74) is 2.24. The van der Waals surface area contributed by atoms with E-state index in [0.29, 0.717) is 19.1 Å². The largest absolute Gasteiger partial charge is 0.497 e. The maximum Gasteiger partial charge on any atom is 0.306 e. The Morgan fingerprint density at radius 3 is 2.95 bits per heavy atom. The molecule has 0 saturated heterocycles. The molecule has 1 aromatic carbocycles. The van der Waals surface area contributed by atoms with Crippen molar-refractivity contribution in [3.05, 3.63) is 23.8 Å². The Balaban J connectivity index is 2.23. The molecule has 0 saturated carbocycles. The van der Waals surface area contributed by atoms with E-state index >= 15 is 0 Å². The zero-order valence-corrected chi connectivity index (χ0v) is 11.7. The number of ether oxygens (including phenoxy) is 2. The van der Waals surface area contributed by atoms with Gasteiger partial charge in [0.1, 0.15) is 5.75 Å². The van der Waals surface area contributed by atoms with Crippen LogP contribution in [0.25, 0.3) is 0 Å². The summed E-state index contributed by atoms with van der Waals surface area (Å²) in [7, 11) is 1.65. The van der Waals surface area contributed by atoms with Gasteiger partial charge in [-0.25, -0.2) is 0 Å². The standard InChI is InChI=1S/C15H21NO3/c1-4-19-15(17)8-11-7-10(2)16-14-6-5-12(18-3)9-13(11)14/h5-6,9-11,16H,4,7-8H2,1-3H3. The highest BCUT2D eigenvalue weighted by Crippen LogP contribution is 2.38. The third-order valence-corrected chi connectivity index (χ3v) is 3.46. The number of benzene rings is 1. The lowest BCUT2D eigenvalue weighted by molar-refractivity contribution is -0.143. The van der Waals surface area contributed by atoms with Crippen LogP contribution in [0.5, 0.6) is 5.75 Å². The maximum atomic E-state index is 11.7. The molecular formula is C15H21NO3. The Kier molecular flexibility index (Phi) is 4.30. The lowest BCUT2D eigenvalue weighted by Crippen LogP contribution is -2.27. The van der Waals surface area contributed by atoms with Crippen molar-refractivity contribution in [3.8, 4) is 5.75 Å². The van der Waals surface area contributed by atoms with Crippen LogP contribution in [0.4, 0.5) is 5.69 Å². The van der Waals surface area contributed by atoms with Crippen LogP contribution >= 0.6 is 0 Å². The number of rotatable bonds is 4. The molecule has 0 spiro atoms. The minimum Gasteiger partial charge on any atom is -0.497 e. The Bertz CT molecular complexity index is 459. The molecule has 0 fully saturated rings. The molecule has 19 heavy (non-hydrogen) atoms. The molecule has 2 unspecified atom stereocenters. The predicted molar refractivity (Wildman–Crippen MR) is 74.7 cm³/mol. The van der Waals surface area contributed by atoms with Gasteiger partial charge in [0.15, 0.2) is 0 Å². The van der Waals surface area contributed by atoms with Crippen molar-refractivity contribution in [2.24, 2.45) is 0 Å². The summed E-state index contributed by atoms with van der Waals surface area (Å²) in [6, 6.07) is 6.33. The minimum atomic E-state index is -0.129. The van der Waals surface area contributed by atoms with Crippen molar-refractivity contribution in [1.29, 1.82) is 0 Å². The highest BCUT2D eigenvalue weighted by molar-refractivity contribution is 5.72. The molecule has 4 heteroatoms. The highest BCUT2D eigenvalue weighted by Gasteiger charge is 2.27. The molecule has 1 aliphatic rings. The molecule has 2 rings (SSSR count). The number of methoxy groups -OCH3 is 1. The third kappa shape index (κ3) is 3.19. The van der Waals surface area contributed by atoms with E-state index in [9.17, 15) is 4.79 Å². The Hall–Kier alpha value is -1.71. The number of esters is 1. The number of carbonyl (C=O) groups is 1. The number of hydrogen-bond donors (Lipinski definition) is 1. The van der Waals surface area contributed by atoms with Crippen LogP contribution in [0.1, 0.15) is 38.2 Å². The van der Waals surface area contributed by atoms with Crippen LogP contribution in [-0.4, -0.2) is 25.7 Å². The molecule has 0 aliphatic carbocycles. The van der Waals surface area contributed by atoms with Crippen molar-refractivity contribution in [1.82, 2.24) is 0 Å². The van der Waals surface area contributed by atoms with Crippen molar-refractivity contribution in [3.63, 3.8) is 0 Å². The maximum absolute atomic E-state index is 11.7. The number of anilines is 1. The quantitative estimate of drug-likeness (QED) is 0.848. The fraction of sp³-hybridized carbons (Fsp3) is 0.533. The molecule has 1 N–H and O–H groups in total. The van der Waals surface area contributed by atoms with Crippen molar-refractivity contribution in [2.45, 2.75) is 38.6 Å². The summed E-state index contributed by atoms with van der Waals surface area (Å²) in [5.74, 6) is 0.889. The van der Waals surface area contributed by atoms with Gasteiger partial charge in [0.05, 0.1) is 20.1 Å². The summed E-state index contributed by atoms with van der Waals surface area (Å²) in [6.07, 6.45) is 1.36. The normalized spacial score (nSPS) is 21.2. The van der Waals surface area contributed by atoms with Crippen LogP contribution < -0.4 is 10.1 Å². The second-order valence-electron chi connectivity index (χ2n) is 4.94. The monoisotopic (exact) mass is 263 g/mol. The molecular weight excluding hydrogens is 242 g/mol. The first-order valence-electron chi connectivity index (χ1n) is 6.74. The first-order valence-corrected chi connectivity index (χ1v) is 6.74. The average molecular weight is 263 g/mol. The Morgan fingerprint density at radius 1 is 1.47 bits per heavy atom. The van der Waals surface area contributed by atoms with E-state index in [2.05, 4.69) is 12.2 Å². The summed E-state index contributed by atoms with van der Waals surface area (Å²) in [6.45, 7) is 4.40. The van der Waals surface area contributed by atoms with E-state index in [4.69, 9.17) is 9.47 Å². The summed E-state index contributed by atoms with van der Waals surface area (Å²) in [5, 5.41) is 3.44. The van der Waals surface area contributed by atoms with Gasteiger partial charge >= 0.3 is 5.97 Å². The second-order valence-corrected chi connectivity index (χ2v) is 4.94. The van der Waals surface area contributed by atoms with E-state index in [1.807, 2.05) is 25.1 Å². The van der Waals surface area contributed by atoms with Gasteiger partial charge in [-0.15, -0.1) is 0 Å². The second kappa shape index (κ2) is 5.95. The molecule has 2 atom stereocenters. The number of hydrogen-bond acceptors (Lipinski definition) is 4. The first kappa shape index (κ1) is 13.7. The molecule has 4 nitrogen and oxygen atoms in total. The SMILES string of the molecule is CCOC(=O)CC1CC(C)Nc2ccc(OC)cc21. The summed E-state index contributed by atoms with van der Waals surface area (Å²) in [4.78, 5) is 11.7. The van der Waals surface area contributed by atoms with E-state index in [1.54, 1.807) is 7.11 Å². The fourth-order valence-corrected chi connectivity index (χ4v) is 2.63. The molecule has 1 heterocycles.